The zero-order valence-electron chi connectivity index (χ0n) is 18.6. The lowest BCUT2D eigenvalue weighted by Crippen LogP contribution is -2.36. The smallest absolute Gasteiger partial charge is 0.276 e. The first-order valence-electron chi connectivity index (χ1n) is 10.9. The van der Waals surface area contributed by atoms with Crippen LogP contribution in [0.2, 0.25) is 0 Å². The van der Waals surface area contributed by atoms with Gasteiger partial charge in [0.05, 0.1) is 11.4 Å². The molecule has 0 atom stereocenters. The number of thioether (sulfide) groups is 1. The third-order valence-corrected chi connectivity index (χ3v) is 6.54. The second-order valence-electron chi connectivity index (χ2n) is 8.10. The van der Waals surface area contributed by atoms with Crippen LogP contribution in [-0.4, -0.2) is 42.3 Å². The molecule has 1 aliphatic rings. The molecule has 166 valence electrons. The summed E-state index contributed by atoms with van der Waals surface area (Å²) in [5, 5.41) is 9.38. The van der Waals surface area contributed by atoms with E-state index in [1.54, 1.807) is 4.68 Å². The van der Waals surface area contributed by atoms with E-state index >= 15 is 0 Å². The van der Waals surface area contributed by atoms with Crippen LogP contribution in [0.3, 0.4) is 0 Å². The van der Waals surface area contributed by atoms with Crippen molar-refractivity contribution in [1.29, 1.82) is 0 Å². The SMILES string of the molecule is Cc1cc(C)nc(SCc2c(C(=O)N3CCc4ccccc4C3)nnn2-c2ccccc2)n1. The second-order valence-corrected chi connectivity index (χ2v) is 9.04. The van der Waals surface area contributed by atoms with Gasteiger partial charge in [0.1, 0.15) is 0 Å². The lowest BCUT2D eigenvalue weighted by Gasteiger charge is -2.28. The topological polar surface area (TPSA) is 76.8 Å². The fourth-order valence-corrected chi connectivity index (χ4v) is 5.03. The number of benzene rings is 2. The van der Waals surface area contributed by atoms with Crippen LogP contribution in [0.15, 0.2) is 65.8 Å². The number of amides is 1. The van der Waals surface area contributed by atoms with Crippen LogP contribution >= 0.6 is 11.8 Å². The van der Waals surface area contributed by atoms with Gasteiger partial charge in [-0.2, -0.15) is 0 Å². The summed E-state index contributed by atoms with van der Waals surface area (Å²) >= 11 is 1.49. The Bertz CT molecular complexity index is 1280. The highest BCUT2D eigenvalue weighted by atomic mass is 32.2. The molecule has 2 aromatic carbocycles. The molecule has 8 heteroatoms. The molecule has 0 unspecified atom stereocenters. The first kappa shape index (κ1) is 21.3. The van der Waals surface area contributed by atoms with E-state index in [1.165, 1.54) is 22.9 Å². The summed E-state index contributed by atoms with van der Waals surface area (Å²) in [6.07, 6.45) is 0.842. The molecule has 0 spiro atoms. The third-order valence-electron chi connectivity index (χ3n) is 5.68. The van der Waals surface area contributed by atoms with Crippen LogP contribution in [-0.2, 0) is 18.7 Å². The molecule has 0 radical (unpaired) electrons. The van der Waals surface area contributed by atoms with E-state index in [2.05, 4.69) is 32.4 Å². The fraction of sp³-hybridized carbons (Fsp3) is 0.240. The minimum absolute atomic E-state index is 0.0939. The van der Waals surface area contributed by atoms with Gasteiger partial charge in [-0.05, 0) is 49.6 Å². The molecule has 1 aliphatic heterocycles. The van der Waals surface area contributed by atoms with E-state index in [0.717, 1.165) is 29.2 Å². The zero-order chi connectivity index (χ0) is 22.8. The Morgan fingerprint density at radius 1 is 0.970 bits per heavy atom. The third kappa shape index (κ3) is 4.52. The van der Waals surface area contributed by atoms with Gasteiger partial charge in [-0.3, -0.25) is 4.79 Å². The molecule has 33 heavy (non-hydrogen) atoms. The fourth-order valence-electron chi connectivity index (χ4n) is 4.08. The molecular weight excluding hydrogens is 432 g/mol. The molecule has 3 heterocycles. The first-order valence-corrected chi connectivity index (χ1v) is 11.9. The number of rotatable bonds is 5. The highest BCUT2D eigenvalue weighted by Gasteiger charge is 2.28. The van der Waals surface area contributed by atoms with E-state index < -0.39 is 0 Å². The average Bonchev–Trinajstić information content (AvgIpc) is 3.26. The summed E-state index contributed by atoms with van der Waals surface area (Å²) < 4.78 is 1.75. The van der Waals surface area contributed by atoms with Crippen molar-refractivity contribution in [2.24, 2.45) is 0 Å². The number of aromatic nitrogens is 5. The van der Waals surface area contributed by atoms with Gasteiger partial charge in [0.15, 0.2) is 10.9 Å². The van der Waals surface area contributed by atoms with Crippen LogP contribution in [0.4, 0.5) is 0 Å². The Labute approximate surface area is 196 Å². The van der Waals surface area contributed by atoms with E-state index in [1.807, 2.05) is 67.3 Å². The van der Waals surface area contributed by atoms with Gasteiger partial charge in [-0.25, -0.2) is 14.6 Å². The molecule has 0 fully saturated rings. The average molecular weight is 457 g/mol. The lowest BCUT2D eigenvalue weighted by molar-refractivity contribution is 0.0727. The number of para-hydroxylation sites is 1. The van der Waals surface area contributed by atoms with Crippen LogP contribution in [0, 0.1) is 13.8 Å². The minimum atomic E-state index is -0.0939. The Morgan fingerprint density at radius 2 is 1.67 bits per heavy atom. The van der Waals surface area contributed by atoms with Crippen molar-refractivity contribution in [3.05, 3.63) is 94.6 Å². The number of fused-ring (bicyclic) bond motifs is 1. The molecule has 0 aliphatic carbocycles. The molecule has 5 rings (SSSR count). The summed E-state index contributed by atoms with van der Waals surface area (Å²) in [5.41, 5.74) is 6.33. The van der Waals surface area contributed by atoms with E-state index in [9.17, 15) is 4.79 Å². The van der Waals surface area contributed by atoms with Gasteiger partial charge in [0.25, 0.3) is 5.91 Å². The molecule has 1 amide bonds. The van der Waals surface area contributed by atoms with Crippen molar-refractivity contribution in [1.82, 2.24) is 29.9 Å². The van der Waals surface area contributed by atoms with E-state index in [4.69, 9.17) is 0 Å². The lowest BCUT2D eigenvalue weighted by atomic mass is 10.00. The summed E-state index contributed by atoms with van der Waals surface area (Å²) in [4.78, 5) is 24.5. The molecule has 0 N–H and O–H groups in total. The molecule has 0 saturated heterocycles. The number of hydrogen-bond donors (Lipinski definition) is 0. The van der Waals surface area contributed by atoms with Crippen LogP contribution in [0.1, 0.15) is 38.7 Å². The van der Waals surface area contributed by atoms with Crippen molar-refractivity contribution in [3.63, 3.8) is 0 Å². The highest BCUT2D eigenvalue weighted by molar-refractivity contribution is 7.98. The van der Waals surface area contributed by atoms with Crippen molar-refractivity contribution < 1.29 is 4.79 Å². The van der Waals surface area contributed by atoms with E-state index in [-0.39, 0.29) is 5.91 Å². The minimum Gasteiger partial charge on any atom is -0.333 e. The maximum absolute atomic E-state index is 13.6. The van der Waals surface area contributed by atoms with Gasteiger partial charge < -0.3 is 4.90 Å². The summed E-state index contributed by atoms with van der Waals surface area (Å²) in [6.45, 7) is 5.16. The Morgan fingerprint density at radius 3 is 2.42 bits per heavy atom. The normalized spacial score (nSPS) is 13.1. The Kier molecular flexibility index (Phi) is 5.92. The van der Waals surface area contributed by atoms with Gasteiger partial charge >= 0.3 is 0 Å². The van der Waals surface area contributed by atoms with Gasteiger partial charge in [0.2, 0.25) is 0 Å². The van der Waals surface area contributed by atoms with Gasteiger partial charge in [-0.1, -0.05) is 59.4 Å². The summed E-state index contributed by atoms with van der Waals surface area (Å²) in [7, 11) is 0. The maximum atomic E-state index is 13.6. The van der Waals surface area contributed by atoms with Crippen LogP contribution in [0.5, 0.6) is 0 Å². The zero-order valence-corrected chi connectivity index (χ0v) is 19.4. The predicted octanol–water partition coefficient (Wildman–Crippen LogP) is 4.16. The molecule has 0 saturated carbocycles. The van der Waals surface area contributed by atoms with E-state index in [0.29, 0.717) is 29.7 Å². The standard InChI is InChI=1S/C25H24N6OS/c1-17-14-18(2)27-25(26-17)33-16-22-23(28-29-31(22)21-10-4-3-5-11-21)24(32)30-13-12-19-8-6-7-9-20(19)15-30/h3-11,14H,12-13,15-16H2,1-2H3. The first-order chi connectivity index (χ1) is 16.1. The largest absolute Gasteiger partial charge is 0.333 e. The summed E-state index contributed by atoms with van der Waals surface area (Å²) in [5.74, 6) is 0.389. The Hall–Kier alpha value is -3.52. The van der Waals surface area contributed by atoms with Gasteiger partial charge in [0, 0.05) is 30.2 Å². The quantitative estimate of drug-likeness (QED) is 0.331. The number of nitrogens with zero attached hydrogens (tertiary/aromatic N) is 6. The van der Waals surface area contributed by atoms with Gasteiger partial charge in [-0.15, -0.1) is 5.10 Å². The second kappa shape index (κ2) is 9.15. The van der Waals surface area contributed by atoms with Crippen molar-refractivity contribution in [2.75, 3.05) is 6.54 Å². The monoisotopic (exact) mass is 456 g/mol. The summed E-state index contributed by atoms with van der Waals surface area (Å²) in [6, 6.07) is 20.0. The van der Waals surface area contributed by atoms with Crippen molar-refractivity contribution >= 4 is 17.7 Å². The highest BCUT2D eigenvalue weighted by Crippen LogP contribution is 2.26. The number of aryl methyl sites for hydroxylation is 2. The number of hydrogen-bond acceptors (Lipinski definition) is 6. The maximum Gasteiger partial charge on any atom is 0.276 e. The molecule has 2 aromatic heterocycles. The molecular formula is C25H24N6OS. The predicted molar refractivity (Wildman–Crippen MR) is 127 cm³/mol. The number of carbonyl (C=O) groups excluding carboxylic acids is 1. The molecule has 7 nitrogen and oxygen atoms in total. The molecule has 4 aromatic rings. The Balaban J connectivity index is 1.47. The molecule has 0 bridgehead atoms. The van der Waals surface area contributed by atoms with Crippen molar-refractivity contribution in [2.45, 2.75) is 37.7 Å². The van der Waals surface area contributed by atoms with Crippen molar-refractivity contribution in [3.8, 4) is 5.69 Å². The van der Waals surface area contributed by atoms with Crippen LogP contribution < -0.4 is 0 Å². The van der Waals surface area contributed by atoms with Crippen LogP contribution in [0.25, 0.3) is 5.69 Å². The number of carbonyl (C=O) groups is 1.